The quantitative estimate of drug-likeness (QED) is 0.248. The van der Waals surface area contributed by atoms with Crippen molar-refractivity contribution >= 4 is 44.4 Å². The van der Waals surface area contributed by atoms with Crippen molar-refractivity contribution in [2.75, 3.05) is 0 Å². The first-order chi connectivity index (χ1) is 20.3. The van der Waals surface area contributed by atoms with Gasteiger partial charge in [0.2, 0.25) is 0 Å². The van der Waals surface area contributed by atoms with Crippen LogP contribution in [0.4, 0.5) is 0 Å². The molecular formula is C37H25N3O. The van der Waals surface area contributed by atoms with Crippen LogP contribution in [0.3, 0.4) is 0 Å². The predicted molar refractivity (Wildman–Crippen MR) is 168 cm³/mol. The Morgan fingerprint density at radius 3 is 2.07 bits per heavy atom. The van der Waals surface area contributed by atoms with E-state index < -0.39 is 0 Å². The molecule has 1 aliphatic heterocycles. The summed E-state index contributed by atoms with van der Waals surface area (Å²) in [5, 5.41) is 8.22. The fraction of sp³-hybridized carbons (Fsp3) is 0.0270. The van der Waals surface area contributed by atoms with E-state index in [1.807, 2.05) is 48.5 Å². The number of amidine groups is 2. The molecule has 1 atom stereocenters. The van der Waals surface area contributed by atoms with E-state index in [-0.39, 0.29) is 6.17 Å². The van der Waals surface area contributed by atoms with Crippen molar-refractivity contribution in [1.29, 1.82) is 0 Å². The van der Waals surface area contributed by atoms with Gasteiger partial charge in [-0.3, -0.25) is 0 Å². The van der Waals surface area contributed by atoms with Crippen molar-refractivity contribution in [3.8, 4) is 11.1 Å². The second-order valence-corrected chi connectivity index (χ2v) is 10.3. The molecule has 6 aromatic carbocycles. The maximum atomic E-state index is 6.36. The Morgan fingerprint density at radius 2 is 1.24 bits per heavy atom. The summed E-state index contributed by atoms with van der Waals surface area (Å²) in [5.74, 6) is 1.50. The number of nitrogens with one attached hydrogen (secondary N) is 1. The molecule has 1 aromatic heterocycles. The lowest BCUT2D eigenvalue weighted by atomic mass is 9.98. The van der Waals surface area contributed by atoms with Crippen molar-refractivity contribution in [1.82, 2.24) is 5.32 Å². The number of aliphatic imine (C=N–C) groups is 2. The zero-order chi connectivity index (χ0) is 27.2. The van der Waals surface area contributed by atoms with Crippen molar-refractivity contribution in [3.63, 3.8) is 0 Å². The van der Waals surface area contributed by atoms with Crippen LogP contribution in [0.5, 0.6) is 0 Å². The fourth-order valence-corrected chi connectivity index (χ4v) is 5.70. The molecule has 7 aromatic rings. The van der Waals surface area contributed by atoms with Gasteiger partial charge in [-0.25, -0.2) is 9.98 Å². The highest BCUT2D eigenvalue weighted by molar-refractivity contribution is 6.14. The molecule has 4 nitrogen and oxygen atoms in total. The third-order valence-corrected chi connectivity index (χ3v) is 7.73. The molecule has 194 valence electrons. The summed E-state index contributed by atoms with van der Waals surface area (Å²) < 4.78 is 6.36. The fourth-order valence-electron chi connectivity index (χ4n) is 5.70. The first-order valence-electron chi connectivity index (χ1n) is 13.8. The Labute approximate surface area is 237 Å². The lowest BCUT2D eigenvalue weighted by Gasteiger charge is -2.24. The summed E-state index contributed by atoms with van der Waals surface area (Å²) in [6.07, 6.45) is -0.341. The Balaban J connectivity index is 1.29. The predicted octanol–water partition coefficient (Wildman–Crippen LogP) is 8.90. The third-order valence-electron chi connectivity index (χ3n) is 7.73. The number of furan rings is 1. The molecule has 8 rings (SSSR count). The molecule has 0 saturated carbocycles. The zero-order valence-electron chi connectivity index (χ0n) is 22.2. The van der Waals surface area contributed by atoms with Gasteiger partial charge in [-0.2, -0.15) is 0 Å². The molecule has 0 saturated heterocycles. The molecular weight excluding hydrogens is 502 g/mol. The number of hydrogen-bond acceptors (Lipinski definition) is 4. The highest BCUT2D eigenvalue weighted by atomic mass is 16.3. The van der Waals surface area contributed by atoms with E-state index in [0.717, 1.165) is 50.0 Å². The van der Waals surface area contributed by atoms with E-state index in [9.17, 15) is 0 Å². The van der Waals surface area contributed by atoms with E-state index in [1.54, 1.807) is 0 Å². The minimum absolute atomic E-state index is 0.341. The Hall–Kier alpha value is -5.48. The van der Waals surface area contributed by atoms with Crippen LogP contribution in [0, 0.1) is 0 Å². The molecule has 4 heteroatoms. The summed E-state index contributed by atoms with van der Waals surface area (Å²) in [7, 11) is 0. The molecule has 41 heavy (non-hydrogen) atoms. The van der Waals surface area contributed by atoms with Crippen LogP contribution in [0.2, 0.25) is 0 Å². The van der Waals surface area contributed by atoms with Crippen LogP contribution in [0.25, 0.3) is 43.8 Å². The highest BCUT2D eigenvalue weighted by Gasteiger charge is 2.24. The van der Waals surface area contributed by atoms with Crippen molar-refractivity contribution in [3.05, 3.63) is 156 Å². The molecule has 0 amide bonds. The van der Waals surface area contributed by atoms with Crippen LogP contribution in [0.15, 0.2) is 154 Å². The minimum Gasteiger partial charge on any atom is -0.456 e. The van der Waals surface area contributed by atoms with Crippen LogP contribution in [0.1, 0.15) is 22.9 Å². The number of nitrogens with zero attached hydrogens (tertiary/aromatic N) is 2. The summed E-state index contributed by atoms with van der Waals surface area (Å²) in [6.45, 7) is 0. The van der Waals surface area contributed by atoms with Gasteiger partial charge in [0.25, 0.3) is 0 Å². The van der Waals surface area contributed by atoms with Crippen LogP contribution < -0.4 is 5.32 Å². The summed E-state index contributed by atoms with van der Waals surface area (Å²) >= 11 is 0. The van der Waals surface area contributed by atoms with E-state index >= 15 is 0 Å². The second-order valence-electron chi connectivity index (χ2n) is 10.3. The SMILES string of the molecule is c1ccc(C2=NC(c3cccc4oc5ccc(-c6ccc7ccccc7c6)cc5c34)NC(c3ccccc3)=N2)cc1. The number of benzene rings is 6. The largest absolute Gasteiger partial charge is 0.456 e. The van der Waals surface area contributed by atoms with Crippen molar-refractivity contribution in [2.24, 2.45) is 9.98 Å². The van der Waals surface area contributed by atoms with E-state index in [0.29, 0.717) is 5.84 Å². The van der Waals surface area contributed by atoms with Gasteiger partial charge >= 0.3 is 0 Å². The minimum atomic E-state index is -0.341. The highest BCUT2D eigenvalue weighted by Crippen LogP contribution is 2.38. The van der Waals surface area contributed by atoms with E-state index in [1.165, 1.54) is 16.3 Å². The zero-order valence-corrected chi connectivity index (χ0v) is 22.2. The first kappa shape index (κ1) is 23.4. The van der Waals surface area contributed by atoms with Gasteiger partial charge < -0.3 is 9.73 Å². The average Bonchev–Trinajstić information content (AvgIpc) is 3.43. The van der Waals surface area contributed by atoms with E-state index in [4.69, 9.17) is 14.4 Å². The molecule has 1 unspecified atom stereocenters. The molecule has 2 heterocycles. The van der Waals surface area contributed by atoms with Crippen LogP contribution in [-0.2, 0) is 0 Å². The molecule has 1 aliphatic rings. The monoisotopic (exact) mass is 527 g/mol. The normalized spacial score (nSPS) is 15.1. The molecule has 1 N–H and O–H groups in total. The van der Waals surface area contributed by atoms with Gasteiger partial charge in [-0.15, -0.1) is 0 Å². The average molecular weight is 528 g/mol. The standard InChI is InChI=1S/C37H25N3O/c1-3-11-25(12-4-1)35-38-36(26-13-5-2-6-14-26)40-37(39-35)30-16-9-17-33-34(30)31-23-29(20-21-32(31)41-33)28-19-18-24-10-7-8-15-27(24)22-28/h1-23,37H,(H,38,39,40). The molecule has 0 radical (unpaired) electrons. The number of fused-ring (bicyclic) bond motifs is 4. The van der Waals surface area contributed by atoms with Crippen molar-refractivity contribution in [2.45, 2.75) is 6.17 Å². The van der Waals surface area contributed by atoms with Gasteiger partial charge in [0.1, 0.15) is 23.2 Å². The van der Waals surface area contributed by atoms with Crippen LogP contribution >= 0.6 is 0 Å². The number of rotatable bonds is 4. The first-order valence-corrected chi connectivity index (χ1v) is 13.8. The summed E-state index contributed by atoms with van der Waals surface area (Å²) in [5.41, 5.74) is 7.08. The van der Waals surface area contributed by atoms with Crippen LogP contribution in [-0.4, -0.2) is 11.7 Å². The molecule has 0 spiro atoms. The van der Waals surface area contributed by atoms with Gasteiger partial charge in [0, 0.05) is 27.5 Å². The smallest absolute Gasteiger partial charge is 0.159 e. The van der Waals surface area contributed by atoms with E-state index in [2.05, 4.69) is 96.3 Å². The molecule has 0 aliphatic carbocycles. The second kappa shape index (κ2) is 9.61. The summed E-state index contributed by atoms with van der Waals surface area (Å²) in [4.78, 5) is 10.1. The van der Waals surface area contributed by atoms with Gasteiger partial charge in [-0.05, 0) is 46.2 Å². The third kappa shape index (κ3) is 4.17. The van der Waals surface area contributed by atoms with Gasteiger partial charge in [0.05, 0.1) is 0 Å². The lowest BCUT2D eigenvalue weighted by molar-refractivity contribution is 0.662. The molecule has 0 bridgehead atoms. The Kier molecular flexibility index (Phi) is 5.49. The van der Waals surface area contributed by atoms with Crippen molar-refractivity contribution < 1.29 is 4.42 Å². The Bertz CT molecular complexity index is 2120. The lowest BCUT2D eigenvalue weighted by Crippen LogP contribution is -2.33. The topological polar surface area (TPSA) is 49.9 Å². The maximum absolute atomic E-state index is 6.36. The maximum Gasteiger partial charge on any atom is 0.159 e. The van der Waals surface area contributed by atoms with Gasteiger partial charge in [0.15, 0.2) is 5.84 Å². The Morgan fingerprint density at radius 1 is 0.537 bits per heavy atom. The van der Waals surface area contributed by atoms with Gasteiger partial charge in [-0.1, -0.05) is 115 Å². The summed E-state index contributed by atoms with van der Waals surface area (Å²) in [6, 6.07) is 48.1. The number of hydrogen-bond donors (Lipinski definition) is 1. The molecule has 0 fully saturated rings.